The summed E-state index contributed by atoms with van der Waals surface area (Å²) in [7, 11) is 0. The number of hydrogen-bond donors (Lipinski definition) is 1. The number of hydrogen-bond acceptors (Lipinski definition) is 4. The van der Waals surface area contributed by atoms with E-state index < -0.39 is 5.97 Å². The zero-order chi connectivity index (χ0) is 22.1. The molecule has 7 heteroatoms. The van der Waals surface area contributed by atoms with Crippen LogP contribution >= 0.6 is 0 Å². The van der Waals surface area contributed by atoms with Crippen molar-refractivity contribution in [3.63, 3.8) is 0 Å². The zero-order valence-corrected chi connectivity index (χ0v) is 17.6. The summed E-state index contributed by atoms with van der Waals surface area (Å²) in [6, 6.07) is 18.8. The third-order valence-electron chi connectivity index (χ3n) is 6.29. The molecule has 5 rings (SSSR count). The molecule has 32 heavy (non-hydrogen) atoms. The fourth-order valence-corrected chi connectivity index (χ4v) is 4.82. The number of rotatable bonds is 5. The van der Waals surface area contributed by atoms with Gasteiger partial charge in [-0.25, -0.2) is 9.20 Å². The minimum absolute atomic E-state index is 0.0506. The van der Waals surface area contributed by atoms with Crippen molar-refractivity contribution < 1.29 is 9.90 Å². The summed E-state index contributed by atoms with van der Waals surface area (Å²) in [4.78, 5) is 24.2. The van der Waals surface area contributed by atoms with Gasteiger partial charge < -0.3 is 5.11 Å². The number of fused-ring (bicyclic) bond motifs is 1. The molecule has 7 nitrogen and oxygen atoms in total. The van der Waals surface area contributed by atoms with Crippen molar-refractivity contribution in [1.29, 1.82) is 0 Å². The molecule has 0 bridgehead atoms. The van der Waals surface area contributed by atoms with E-state index in [9.17, 15) is 14.7 Å². The zero-order valence-electron chi connectivity index (χ0n) is 17.6. The number of carbonyl (C=O) groups is 1. The Balaban J connectivity index is 1.67. The van der Waals surface area contributed by atoms with Gasteiger partial charge in [0.15, 0.2) is 0 Å². The van der Waals surface area contributed by atoms with Crippen LogP contribution < -0.4 is 5.56 Å². The largest absolute Gasteiger partial charge is 0.481 e. The molecule has 0 radical (unpaired) electrons. The first-order valence-corrected chi connectivity index (χ1v) is 11.0. The van der Waals surface area contributed by atoms with E-state index >= 15 is 0 Å². The fourth-order valence-electron chi connectivity index (χ4n) is 4.82. The smallest absolute Gasteiger partial charge is 0.303 e. The van der Waals surface area contributed by atoms with Crippen LogP contribution in [0.4, 0.5) is 0 Å². The Kier molecular flexibility index (Phi) is 5.31. The molecule has 4 aromatic rings. The van der Waals surface area contributed by atoms with Crippen LogP contribution in [0.1, 0.15) is 38.1 Å². The number of carboxylic acid groups (broad SMARTS) is 1. The highest BCUT2D eigenvalue weighted by Gasteiger charge is 2.30. The molecule has 0 unspecified atom stereocenters. The van der Waals surface area contributed by atoms with E-state index in [0.29, 0.717) is 5.69 Å². The molecule has 1 N–H and O–H groups in total. The minimum atomic E-state index is -0.833. The Morgan fingerprint density at radius 1 is 0.969 bits per heavy atom. The lowest BCUT2D eigenvalue weighted by Crippen LogP contribution is -2.34. The highest BCUT2D eigenvalue weighted by molar-refractivity contribution is 5.90. The fraction of sp³-hybridized carbons (Fsp3) is 0.280. The molecule has 2 atom stereocenters. The molecule has 0 aliphatic heterocycles. The van der Waals surface area contributed by atoms with E-state index in [1.807, 2.05) is 59.2 Å². The van der Waals surface area contributed by atoms with Gasteiger partial charge in [0, 0.05) is 17.8 Å². The molecule has 0 amide bonds. The predicted octanol–water partition coefficient (Wildman–Crippen LogP) is 4.43. The quantitative estimate of drug-likeness (QED) is 0.508. The van der Waals surface area contributed by atoms with Crippen molar-refractivity contribution in [2.24, 2.45) is 5.92 Å². The van der Waals surface area contributed by atoms with Gasteiger partial charge in [-0.3, -0.25) is 9.59 Å². The molecule has 1 aliphatic carbocycles. The second-order valence-electron chi connectivity index (χ2n) is 8.33. The molecule has 3 heterocycles. The Morgan fingerprint density at radius 2 is 1.75 bits per heavy atom. The lowest BCUT2D eigenvalue weighted by Gasteiger charge is -2.31. The van der Waals surface area contributed by atoms with Gasteiger partial charge in [0.2, 0.25) is 0 Å². The molecule has 0 spiro atoms. The number of aromatic nitrogens is 4. The Bertz CT molecular complexity index is 1330. The van der Waals surface area contributed by atoms with E-state index in [0.717, 1.165) is 48.0 Å². The summed E-state index contributed by atoms with van der Waals surface area (Å²) < 4.78 is 3.34. The topological polar surface area (TPSA) is 89.5 Å². The standard InChI is InChI=1S/C25H24N4O3/c30-22-14-13-19(26-29(22)20-11-5-4-10-18(20)16-23(31)32)24-21-12-6-7-15-28(21)27-25(24)17-8-2-1-3-9-17/h1-3,6-9,12-15,18,20H,4-5,10-11,16H2,(H,31,32)/t18-,20+/m0/s1. The number of benzene rings is 1. The Labute approximate surface area is 185 Å². The van der Waals surface area contributed by atoms with Gasteiger partial charge in [0.25, 0.3) is 5.56 Å². The van der Waals surface area contributed by atoms with E-state index in [-0.39, 0.29) is 23.9 Å². The molecule has 1 aromatic carbocycles. The number of pyridine rings is 1. The summed E-state index contributed by atoms with van der Waals surface area (Å²) in [5, 5.41) is 18.9. The summed E-state index contributed by atoms with van der Waals surface area (Å²) >= 11 is 0. The first-order valence-electron chi connectivity index (χ1n) is 11.0. The molecular weight excluding hydrogens is 404 g/mol. The van der Waals surface area contributed by atoms with Crippen LogP contribution in [0.5, 0.6) is 0 Å². The van der Waals surface area contributed by atoms with E-state index in [1.54, 1.807) is 6.07 Å². The van der Waals surface area contributed by atoms with Gasteiger partial charge >= 0.3 is 5.97 Å². The second-order valence-corrected chi connectivity index (χ2v) is 8.33. The molecule has 0 saturated heterocycles. The lowest BCUT2D eigenvalue weighted by atomic mass is 9.82. The summed E-state index contributed by atoms with van der Waals surface area (Å²) in [6.07, 6.45) is 5.44. The first kappa shape index (κ1) is 20.2. The van der Waals surface area contributed by atoms with E-state index in [1.165, 1.54) is 10.7 Å². The van der Waals surface area contributed by atoms with Crippen molar-refractivity contribution in [3.05, 3.63) is 77.2 Å². The molecule has 3 aromatic heterocycles. The van der Waals surface area contributed by atoms with Crippen LogP contribution in [0, 0.1) is 5.92 Å². The van der Waals surface area contributed by atoms with E-state index in [4.69, 9.17) is 10.2 Å². The van der Waals surface area contributed by atoms with Crippen LogP contribution in [0.3, 0.4) is 0 Å². The Morgan fingerprint density at radius 3 is 2.56 bits per heavy atom. The third-order valence-corrected chi connectivity index (χ3v) is 6.29. The molecular formula is C25H24N4O3. The summed E-state index contributed by atoms with van der Waals surface area (Å²) in [5.74, 6) is -0.931. The van der Waals surface area contributed by atoms with Gasteiger partial charge in [-0.2, -0.15) is 10.2 Å². The number of carboxylic acids is 1. The van der Waals surface area contributed by atoms with Crippen molar-refractivity contribution in [1.82, 2.24) is 19.4 Å². The highest BCUT2D eigenvalue weighted by Crippen LogP contribution is 2.37. The van der Waals surface area contributed by atoms with Gasteiger partial charge in [-0.15, -0.1) is 0 Å². The van der Waals surface area contributed by atoms with Crippen molar-refractivity contribution in [2.75, 3.05) is 0 Å². The van der Waals surface area contributed by atoms with E-state index in [2.05, 4.69) is 0 Å². The minimum Gasteiger partial charge on any atom is -0.481 e. The van der Waals surface area contributed by atoms with Crippen LogP contribution in [0.15, 0.2) is 71.7 Å². The monoisotopic (exact) mass is 428 g/mol. The average molecular weight is 428 g/mol. The second kappa shape index (κ2) is 8.42. The normalized spacial score (nSPS) is 18.6. The molecule has 1 aliphatic rings. The van der Waals surface area contributed by atoms with Crippen LogP contribution in [0.25, 0.3) is 28.0 Å². The number of nitrogens with zero attached hydrogens (tertiary/aromatic N) is 4. The number of aliphatic carboxylic acids is 1. The molecule has 1 saturated carbocycles. The first-order chi connectivity index (χ1) is 15.6. The summed E-state index contributed by atoms with van der Waals surface area (Å²) in [6.45, 7) is 0. The van der Waals surface area contributed by atoms with Crippen LogP contribution in [-0.2, 0) is 4.79 Å². The molecule has 1 fully saturated rings. The third kappa shape index (κ3) is 3.70. The van der Waals surface area contributed by atoms with Crippen molar-refractivity contribution in [2.45, 2.75) is 38.1 Å². The average Bonchev–Trinajstić information content (AvgIpc) is 3.20. The Hall–Kier alpha value is -3.74. The SMILES string of the molecule is O=C(O)C[C@@H]1CCCC[C@H]1n1nc(-c2c(-c3ccccc3)nn3ccccc23)ccc1=O. The maximum atomic E-state index is 12.8. The maximum absolute atomic E-state index is 12.8. The van der Waals surface area contributed by atoms with Crippen LogP contribution in [-0.4, -0.2) is 30.5 Å². The lowest BCUT2D eigenvalue weighted by molar-refractivity contribution is -0.138. The highest BCUT2D eigenvalue weighted by atomic mass is 16.4. The van der Waals surface area contributed by atoms with Crippen molar-refractivity contribution >= 4 is 11.5 Å². The predicted molar refractivity (Wildman–Crippen MR) is 121 cm³/mol. The van der Waals surface area contributed by atoms with Crippen molar-refractivity contribution in [3.8, 4) is 22.5 Å². The van der Waals surface area contributed by atoms with Crippen LogP contribution in [0.2, 0.25) is 0 Å². The summed E-state index contributed by atoms with van der Waals surface area (Å²) in [5.41, 5.74) is 3.97. The maximum Gasteiger partial charge on any atom is 0.303 e. The van der Waals surface area contributed by atoms with Gasteiger partial charge in [0.05, 0.1) is 29.2 Å². The van der Waals surface area contributed by atoms with Gasteiger partial charge in [0.1, 0.15) is 5.69 Å². The van der Waals surface area contributed by atoms with Gasteiger partial charge in [-0.1, -0.05) is 49.2 Å². The van der Waals surface area contributed by atoms with Gasteiger partial charge in [-0.05, 0) is 37.0 Å². The molecule has 162 valence electrons.